The Kier molecular flexibility index (Phi) is 4.73. The van der Waals surface area contributed by atoms with Crippen LogP contribution in [-0.2, 0) is 9.59 Å². The van der Waals surface area contributed by atoms with Gasteiger partial charge in [-0.15, -0.1) is 0 Å². The average molecular weight is 255 g/mol. The van der Waals surface area contributed by atoms with Crippen molar-refractivity contribution in [2.45, 2.75) is 46.1 Å². The number of carbonyl (C=O) groups is 2. The van der Waals surface area contributed by atoms with E-state index in [1.54, 1.807) is 4.90 Å². The van der Waals surface area contributed by atoms with E-state index in [2.05, 4.69) is 0 Å². The van der Waals surface area contributed by atoms with Gasteiger partial charge in [0, 0.05) is 19.5 Å². The van der Waals surface area contributed by atoms with Crippen LogP contribution in [-0.4, -0.2) is 35.8 Å². The summed E-state index contributed by atoms with van der Waals surface area (Å²) in [5.41, 5.74) is 11.0. The second-order valence-corrected chi connectivity index (χ2v) is 6.31. The summed E-state index contributed by atoms with van der Waals surface area (Å²) < 4.78 is 0. The van der Waals surface area contributed by atoms with Crippen molar-refractivity contribution in [1.29, 1.82) is 0 Å². The van der Waals surface area contributed by atoms with E-state index < -0.39 is 6.04 Å². The number of rotatable bonds is 3. The van der Waals surface area contributed by atoms with Crippen LogP contribution in [0.3, 0.4) is 0 Å². The summed E-state index contributed by atoms with van der Waals surface area (Å²) in [6.07, 6.45) is 2.23. The quantitative estimate of drug-likeness (QED) is 0.768. The molecule has 104 valence electrons. The van der Waals surface area contributed by atoms with Gasteiger partial charge in [0.2, 0.25) is 11.8 Å². The van der Waals surface area contributed by atoms with Crippen LogP contribution >= 0.6 is 0 Å². The first-order chi connectivity index (χ1) is 8.21. The van der Waals surface area contributed by atoms with Crippen molar-refractivity contribution < 1.29 is 9.59 Å². The highest BCUT2D eigenvalue weighted by Crippen LogP contribution is 2.24. The predicted octanol–water partition coefficient (Wildman–Crippen LogP) is 0.474. The number of piperidine rings is 1. The summed E-state index contributed by atoms with van der Waals surface area (Å²) in [4.78, 5) is 25.0. The molecule has 0 saturated carbocycles. The predicted molar refractivity (Wildman–Crippen MR) is 70.5 cm³/mol. The standard InChI is InChI=1S/C13H25N3O2/c1-13(2,3)11(15)12(18)16-6-4-5-9(8-16)7-10(14)17/h9,11H,4-8,15H2,1-3H3,(H2,14,17)/t9-,11-/m1/s1. The Morgan fingerprint density at radius 3 is 2.50 bits per heavy atom. The van der Waals surface area contributed by atoms with E-state index in [-0.39, 0.29) is 23.1 Å². The molecule has 0 unspecified atom stereocenters. The molecular weight excluding hydrogens is 230 g/mol. The van der Waals surface area contributed by atoms with Gasteiger partial charge >= 0.3 is 0 Å². The van der Waals surface area contributed by atoms with E-state index in [4.69, 9.17) is 11.5 Å². The molecule has 0 aromatic rings. The Morgan fingerprint density at radius 1 is 1.39 bits per heavy atom. The van der Waals surface area contributed by atoms with Crippen LogP contribution in [0.1, 0.15) is 40.0 Å². The van der Waals surface area contributed by atoms with Crippen LogP contribution in [0.4, 0.5) is 0 Å². The minimum Gasteiger partial charge on any atom is -0.370 e. The monoisotopic (exact) mass is 255 g/mol. The van der Waals surface area contributed by atoms with E-state index in [0.717, 1.165) is 19.4 Å². The number of carbonyl (C=O) groups excluding carboxylic acids is 2. The summed E-state index contributed by atoms with van der Waals surface area (Å²) in [5.74, 6) is -0.126. The molecule has 1 rings (SSSR count). The number of hydrogen-bond donors (Lipinski definition) is 2. The van der Waals surface area contributed by atoms with Crippen LogP contribution in [0, 0.1) is 11.3 Å². The van der Waals surface area contributed by atoms with Crippen molar-refractivity contribution in [3.8, 4) is 0 Å². The smallest absolute Gasteiger partial charge is 0.240 e. The van der Waals surface area contributed by atoms with E-state index in [0.29, 0.717) is 13.0 Å². The SMILES string of the molecule is CC(C)(C)[C@H](N)C(=O)N1CCC[C@H](CC(N)=O)C1. The zero-order valence-corrected chi connectivity index (χ0v) is 11.6. The van der Waals surface area contributed by atoms with Crippen molar-refractivity contribution in [2.75, 3.05) is 13.1 Å². The first-order valence-electron chi connectivity index (χ1n) is 6.54. The van der Waals surface area contributed by atoms with E-state index in [9.17, 15) is 9.59 Å². The average Bonchev–Trinajstić information content (AvgIpc) is 2.25. The molecule has 0 aromatic heterocycles. The van der Waals surface area contributed by atoms with Crippen LogP contribution in [0.25, 0.3) is 0 Å². The van der Waals surface area contributed by atoms with Gasteiger partial charge in [-0.2, -0.15) is 0 Å². The summed E-state index contributed by atoms with van der Waals surface area (Å²) >= 11 is 0. The van der Waals surface area contributed by atoms with E-state index >= 15 is 0 Å². The Labute approximate surface area is 109 Å². The molecular formula is C13H25N3O2. The second kappa shape index (κ2) is 5.69. The molecule has 1 aliphatic heterocycles. The molecule has 5 heteroatoms. The molecule has 0 aliphatic carbocycles. The van der Waals surface area contributed by atoms with Gasteiger partial charge in [-0.3, -0.25) is 9.59 Å². The minimum atomic E-state index is -0.496. The van der Waals surface area contributed by atoms with Gasteiger partial charge in [0.1, 0.15) is 0 Å². The molecule has 5 nitrogen and oxygen atoms in total. The Balaban J connectivity index is 2.61. The number of primary amides is 1. The molecule has 1 heterocycles. The van der Waals surface area contributed by atoms with Crippen molar-refractivity contribution in [1.82, 2.24) is 4.90 Å². The lowest BCUT2D eigenvalue weighted by Gasteiger charge is -2.37. The lowest BCUT2D eigenvalue weighted by Crippen LogP contribution is -2.53. The Bertz CT molecular complexity index is 323. The fraction of sp³-hybridized carbons (Fsp3) is 0.846. The number of amides is 2. The highest BCUT2D eigenvalue weighted by Gasteiger charge is 2.33. The molecule has 4 N–H and O–H groups in total. The molecule has 1 aliphatic rings. The first-order valence-corrected chi connectivity index (χ1v) is 6.54. The maximum Gasteiger partial charge on any atom is 0.240 e. The van der Waals surface area contributed by atoms with E-state index in [1.807, 2.05) is 20.8 Å². The van der Waals surface area contributed by atoms with Crippen LogP contribution in [0.5, 0.6) is 0 Å². The molecule has 1 saturated heterocycles. The molecule has 2 amide bonds. The maximum atomic E-state index is 12.3. The molecule has 0 aromatic carbocycles. The lowest BCUT2D eigenvalue weighted by molar-refractivity contribution is -0.137. The van der Waals surface area contributed by atoms with E-state index in [1.165, 1.54) is 0 Å². The molecule has 0 spiro atoms. The van der Waals surface area contributed by atoms with Gasteiger partial charge in [-0.05, 0) is 24.2 Å². The molecule has 18 heavy (non-hydrogen) atoms. The van der Waals surface area contributed by atoms with Crippen molar-refractivity contribution >= 4 is 11.8 Å². The lowest BCUT2D eigenvalue weighted by atomic mass is 9.85. The zero-order valence-electron chi connectivity index (χ0n) is 11.6. The second-order valence-electron chi connectivity index (χ2n) is 6.31. The van der Waals surface area contributed by atoms with Gasteiger partial charge in [0.15, 0.2) is 0 Å². The third kappa shape index (κ3) is 3.98. The maximum absolute atomic E-state index is 12.3. The molecule has 2 atom stereocenters. The summed E-state index contributed by atoms with van der Waals surface area (Å²) in [6, 6.07) is -0.496. The zero-order chi connectivity index (χ0) is 13.9. The largest absolute Gasteiger partial charge is 0.370 e. The van der Waals surface area contributed by atoms with Crippen LogP contribution in [0.2, 0.25) is 0 Å². The molecule has 0 radical (unpaired) electrons. The van der Waals surface area contributed by atoms with Crippen molar-refractivity contribution in [3.63, 3.8) is 0 Å². The molecule has 1 fully saturated rings. The van der Waals surface area contributed by atoms with Crippen molar-refractivity contribution in [2.24, 2.45) is 22.8 Å². The number of nitrogens with two attached hydrogens (primary N) is 2. The minimum absolute atomic E-state index is 0.0170. The summed E-state index contributed by atoms with van der Waals surface area (Å²) in [5, 5.41) is 0. The van der Waals surface area contributed by atoms with Gasteiger partial charge < -0.3 is 16.4 Å². The highest BCUT2D eigenvalue weighted by atomic mass is 16.2. The van der Waals surface area contributed by atoms with Gasteiger partial charge in [-0.1, -0.05) is 20.8 Å². The normalized spacial score (nSPS) is 22.7. The number of hydrogen-bond acceptors (Lipinski definition) is 3. The number of likely N-dealkylation sites (tertiary alicyclic amines) is 1. The Morgan fingerprint density at radius 2 is 2.00 bits per heavy atom. The van der Waals surface area contributed by atoms with Crippen molar-refractivity contribution in [3.05, 3.63) is 0 Å². The highest BCUT2D eigenvalue weighted by molar-refractivity contribution is 5.82. The topological polar surface area (TPSA) is 89.4 Å². The molecule has 0 bridgehead atoms. The third-order valence-electron chi connectivity index (χ3n) is 3.52. The van der Waals surface area contributed by atoms with Gasteiger partial charge in [0.25, 0.3) is 0 Å². The Hall–Kier alpha value is -1.10. The fourth-order valence-corrected chi connectivity index (χ4v) is 2.28. The third-order valence-corrected chi connectivity index (χ3v) is 3.52. The van der Waals surface area contributed by atoms with Gasteiger partial charge in [-0.25, -0.2) is 0 Å². The number of nitrogens with zero attached hydrogens (tertiary/aromatic N) is 1. The van der Waals surface area contributed by atoms with Crippen LogP contribution < -0.4 is 11.5 Å². The summed E-state index contributed by atoms with van der Waals surface area (Å²) in [7, 11) is 0. The van der Waals surface area contributed by atoms with Gasteiger partial charge in [0.05, 0.1) is 6.04 Å². The fourth-order valence-electron chi connectivity index (χ4n) is 2.28. The van der Waals surface area contributed by atoms with Crippen LogP contribution in [0.15, 0.2) is 0 Å². The first kappa shape index (κ1) is 15.0. The summed E-state index contributed by atoms with van der Waals surface area (Å²) in [6.45, 7) is 7.21.